The van der Waals surface area contributed by atoms with E-state index in [9.17, 15) is 4.79 Å². The first-order valence-corrected chi connectivity index (χ1v) is 9.34. The minimum absolute atomic E-state index is 0.162. The van der Waals surface area contributed by atoms with Crippen LogP contribution in [0.25, 0.3) is 0 Å². The molecule has 0 saturated carbocycles. The zero-order valence-corrected chi connectivity index (χ0v) is 14.9. The fraction of sp³-hybridized carbons (Fsp3) is 0.938. The van der Waals surface area contributed by atoms with Crippen LogP contribution in [0.2, 0.25) is 0 Å². The first kappa shape index (κ1) is 18.6. The van der Waals surface area contributed by atoms with Crippen molar-refractivity contribution in [2.45, 2.75) is 52.6 Å². The van der Waals surface area contributed by atoms with E-state index in [4.69, 9.17) is 4.74 Å². The predicted octanol–water partition coefficient (Wildman–Crippen LogP) is 3.37. The molecule has 1 rings (SSSR count). The van der Waals surface area contributed by atoms with Gasteiger partial charge in [0.2, 0.25) is 0 Å². The van der Waals surface area contributed by atoms with Crippen molar-refractivity contribution < 1.29 is 9.53 Å². The van der Waals surface area contributed by atoms with Crippen molar-refractivity contribution in [2.24, 2.45) is 5.92 Å². The van der Waals surface area contributed by atoms with Crippen molar-refractivity contribution in [2.75, 3.05) is 37.7 Å². The molecule has 0 aromatic rings. The summed E-state index contributed by atoms with van der Waals surface area (Å²) in [5, 5.41) is 3.55. The summed E-state index contributed by atoms with van der Waals surface area (Å²) in [6.07, 6.45) is 3.24. The molecule has 0 atom stereocenters. The average Bonchev–Trinajstić information content (AvgIpc) is 2.41. The maximum absolute atomic E-state index is 12.0. The van der Waals surface area contributed by atoms with Crippen LogP contribution in [0.1, 0.15) is 47.0 Å². The molecular weight excluding hydrogens is 284 g/mol. The molecule has 0 aliphatic carbocycles. The lowest BCUT2D eigenvalue weighted by atomic mass is 9.97. The van der Waals surface area contributed by atoms with Crippen LogP contribution in [-0.2, 0) is 4.74 Å². The number of hydrogen-bond acceptors (Lipinski definition) is 4. The van der Waals surface area contributed by atoms with Crippen LogP contribution in [-0.4, -0.2) is 54.3 Å². The number of likely N-dealkylation sites (tertiary alicyclic amines) is 1. The number of hydrogen-bond donors (Lipinski definition) is 1. The van der Waals surface area contributed by atoms with Gasteiger partial charge in [0.05, 0.1) is 0 Å². The smallest absolute Gasteiger partial charge is 0.410 e. The van der Waals surface area contributed by atoms with Crippen molar-refractivity contribution in [1.29, 1.82) is 0 Å². The summed E-state index contributed by atoms with van der Waals surface area (Å²) in [4.78, 5) is 13.8. The van der Waals surface area contributed by atoms with Crippen LogP contribution < -0.4 is 5.32 Å². The molecule has 124 valence electrons. The lowest BCUT2D eigenvalue weighted by molar-refractivity contribution is 0.0184. The van der Waals surface area contributed by atoms with Crippen molar-refractivity contribution in [3.05, 3.63) is 0 Å². The second kappa shape index (κ2) is 9.57. The molecule has 1 fully saturated rings. The summed E-state index contributed by atoms with van der Waals surface area (Å²) >= 11 is 2.00. The van der Waals surface area contributed by atoms with Gasteiger partial charge in [0.15, 0.2) is 0 Å². The fourth-order valence-corrected chi connectivity index (χ4v) is 3.03. The molecule has 1 aliphatic rings. The van der Waals surface area contributed by atoms with Gasteiger partial charge in [0, 0.05) is 13.1 Å². The molecule has 1 heterocycles. The van der Waals surface area contributed by atoms with E-state index < -0.39 is 5.60 Å². The van der Waals surface area contributed by atoms with E-state index in [1.807, 2.05) is 37.4 Å². The maximum atomic E-state index is 12.0. The molecule has 0 radical (unpaired) electrons. The largest absolute Gasteiger partial charge is 0.444 e. The van der Waals surface area contributed by atoms with Gasteiger partial charge in [-0.15, -0.1) is 0 Å². The minimum Gasteiger partial charge on any atom is -0.444 e. The third-order valence-corrected chi connectivity index (χ3v) is 4.53. The highest BCUT2D eigenvalue weighted by Crippen LogP contribution is 2.19. The second-order valence-electron chi connectivity index (χ2n) is 6.67. The van der Waals surface area contributed by atoms with Gasteiger partial charge in [-0.25, -0.2) is 4.79 Å². The number of ether oxygens (including phenoxy) is 1. The Morgan fingerprint density at radius 3 is 2.57 bits per heavy atom. The molecule has 0 spiro atoms. The van der Waals surface area contributed by atoms with Crippen LogP contribution in [0.3, 0.4) is 0 Å². The number of amides is 1. The van der Waals surface area contributed by atoms with E-state index >= 15 is 0 Å². The summed E-state index contributed by atoms with van der Waals surface area (Å²) < 4.78 is 5.42. The van der Waals surface area contributed by atoms with E-state index in [0.717, 1.165) is 39.0 Å². The molecule has 1 N–H and O–H groups in total. The number of carbonyl (C=O) groups is 1. The van der Waals surface area contributed by atoms with E-state index in [2.05, 4.69) is 12.2 Å². The minimum atomic E-state index is -0.397. The Morgan fingerprint density at radius 2 is 2.00 bits per heavy atom. The molecule has 4 nitrogen and oxygen atoms in total. The Bertz CT molecular complexity index is 297. The molecular formula is C16H32N2O2S. The van der Waals surface area contributed by atoms with E-state index in [1.54, 1.807) is 0 Å². The van der Waals surface area contributed by atoms with Crippen LogP contribution in [0.5, 0.6) is 0 Å². The Labute approximate surface area is 134 Å². The first-order chi connectivity index (χ1) is 9.92. The highest BCUT2D eigenvalue weighted by Gasteiger charge is 2.26. The molecule has 21 heavy (non-hydrogen) atoms. The summed E-state index contributed by atoms with van der Waals surface area (Å²) in [5.41, 5.74) is -0.397. The van der Waals surface area contributed by atoms with Gasteiger partial charge < -0.3 is 15.0 Å². The summed E-state index contributed by atoms with van der Waals surface area (Å²) in [6.45, 7) is 11.8. The number of rotatable bonds is 7. The lowest BCUT2D eigenvalue weighted by Crippen LogP contribution is -2.43. The Balaban J connectivity index is 2.10. The van der Waals surface area contributed by atoms with E-state index in [1.165, 1.54) is 17.9 Å². The molecule has 1 amide bonds. The molecule has 0 unspecified atom stereocenters. The van der Waals surface area contributed by atoms with Crippen LogP contribution in [0.4, 0.5) is 4.79 Å². The average molecular weight is 317 g/mol. The molecule has 0 aromatic heterocycles. The van der Waals surface area contributed by atoms with E-state index in [0.29, 0.717) is 5.92 Å². The third-order valence-electron chi connectivity index (χ3n) is 3.55. The van der Waals surface area contributed by atoms with Gasteiger partial charge in [-0.2, -0.15) is 11.8 Å². The fourth-order valence-electron chi connectivity index (χ4n) is 2.40. The summed E-state index contributed by atoms with van der Waals surface area (Å²) in [5.74, 6) is 3.16. The van der Waals surface area contributed by atoms with Crippen LogP contribution >= 0.6 is 11.8 Å². The summed E-state index contributed by atoms with van der Waals surface area (Å²) in [7, 11) is 0. The van der Waals surface area contributed by atoms with Gasteiger partial charge in [-0.05, 0) is 70.5 Å². The number of piperidine rings is 1. The van der Waals surface area contributed by atoms with Crippen molar-refractivity contribution in [3.8, 4) is 0 Å². The van der Waals surface area contributed by atoms with Gasteiger partial charge in [-0.3, -0.25) is 0 Å². The standard InChI is InChI=1S/C16H32N2O2S/c1-5-21-12-6-9-17-13-14-7-10-18(11-8-14)15(19)20-16(2,3)4/h14,17H,5-13H2,1-4H3. The second-order valence-corrected chi connectivity index (χ2v) is 8.06. The summed E-state index contributed by atoms with van der Waals surface area (Å²) in [6, 6.07) is 0. The molecule has 0 aromatic carbocycles. The first-order valence-electron chi connectivity index (χ1n) is 8.18. The molecule has 1 aliphatic heterocycles. The Hall–Kier alpha value is -0.420. The zero-order valence-electron chi connectivity index (χ0n) is 14.1. The number of nitrogens with one attached hydrogen (secondary N) is 1. The van der Waals surface area contributed by atoms with Gasteiger partial charge in [-0.1, -0.05) is 6.92 Å². The molecule has 5 heteroatoms. The Kier molecular flexibility index (Phi) is 8.49. The molecule has 0 bridgehead atoms. The number of nitrogens with zero attached hydrogens (tertiary/aromatic N) is 1. The normalized spacial score (nSPS) is 17.0. The SMILES string of the molecule is CCSCCCNCC1CCN(C(=O)OC(C)(C)C)CC1. The van der Waals surface area contributed by atoms with Crippen molar-refractivity contribution in [1.82, 2.24) is 10.2 Å². The lowest BCUT2D eigenvalue weighted by Gasteiger charge is -2.33. The maximum Gasteiger partial charge on any atom is 0.410 e. The number of thioether (sulfide) groups is 1. The zero-order chi connectivity index (χ0) is 15.7. The van der Waals surface area contributed by atoms with E-state index in [-0.39, 0.29) is 6.09 Å². The van der Waals surface area contributed by atoms with Gasteiger partial charge in [0.25, 0.3) is 0 Å². The van der Waals surface area contributed by atoms with Crippen LogP contribution in [0, 0.1) is 5.92 Å². The third kappa shape index (κ3) is 8.57. The van der Waals surface area contributed by atoms with Crippen molar-refractivity contribution >= 4 is 17.9 Å². The predicted molar refractivity (Wildman–Crippen MR) is 91.0 cm³/mol. The monoisotopic (exact) mass is 316 g/mol. The highest BCUT2D eigenvalue weighted by atomic mass is 32.2. The highest BCUT2D eigenvalue weighted by molar-refractivity contribution is 7.99. The Morgan fingerprint density at radius 1 is 1.33 bits per heavy atom. The van der Waals surface area contributed by atoms with Gasteiger partial charge >= 0.3 is 6.09 Å². The van der Waals surface area contributed by atoms with Crippen molar-refractivity contribution in [3.63, 3.8) is 0 Å². The quantitative estimate of drug-likeness (QED) is 0.731. The van der Waals surface area contributed by atoms with Gasteiger partial charge in [0.1, 0.15) is 5.60 Å². The number of carbonyl (C=O) groups excluding carboxylic acids is 1. The topological polar surface area (TPSA) is 41.6 Å². The molecule has 1 saturated heterocycles. The van der Waals surface area contributed by atoms with Crippen LogP contribution in [0.15, 0.2) is 0 Å².